The summed E-state index contributed by atoms with van der Waals surface area (Å²) in [6, 6.07) is 10.3. The van der Waals surface area contributed by atoms with E-state index >= 15 is 0 Å². The lowest BCUT2D eigenvalue weighted by molar-refractivity contribution is 0.192. The minimum absolute atomic E-state index is 0.451. The Labute approximate surface area is 124 Å². The van der Waals surface area contributed by atoms with Gasteiger partial charge >= 0.3 is 0 Å². The van der Waals surface area contributed by atoms with E-state index in [0.29, 0.717) is 12.1 Å². The van der Waals surface area contributed by atoms with Gasteiger partial charge in [0.1, 0.15) is 0 Å². The highest BCUT2D eigenvalue weighted by Crippen LogP contribution is 2.18. The van der Waals surface area contributed by atoms with Gasteiger partial charge in [-0.2, -0.15) is 0 Å². The van der Waals surface area contributed by atoms with Crippen LogP contribution in [0, 0.1) is 0 Å². The van der Waals surface area contributed by atoms with Gasteiger partial charge < -0.3 is 10.2 Å². The molecule has 1 aromatic rings. The highest BCUT2D eigenvalue weighted by atomic mass is 15.2. The van der Waals surface area contributed by atoms with Crippen LogP contribution in [0.1, 0.15) is 57.2 Å². The van der Waals surface area contributed by atoms with Crippen LogP contribution in [0.4, 0.5) is 0 Å². The standard InChI is InChI=1S/C18H30N2/c1-4-7-16-9-11-17(12-10-16)15(3)19-18-8-6-13-20(5-2)14-18/h9-12,15,18-19H,4-8,13-14H2,1-3H3. The fourth-order valence-electron chi connectivity index (χ4n) is 3.19. The van der Waals surface area contributed by atoms with Gasteiger partial charge in [0.05, 0.1) is 0 Å². The molecule has 0 amide bonds. The molecule has 0 saturated carbocycles. The number of nitrogens with one attached hydrogen (secondary N) is 1. The summed E-state index contributed by atoms with van der Waals surface area (Å²) < 4.78 is 0. The van der Waals surface area contributed by atoms with E-state index < -0.39 is 0 Å². The molecule has 20 heavy (non-hydrogen) atoms. The van der Waals surface area contributed by atoms with Crippen molar-refractivity contribution in [2.45, 2.75) is 58.5 Å². The fraction of sp³-hybridized carbons (Fsp3) is 0.667. The van der Waals surface area contributed by atoms with Gasteiger partial charge in [-0.15, -0.1) is 0 Å². The highest BCUT2D eigenvalue weighted by molar-refractivity contribution is 5.25. The lowest BCUT2D eigenvalue weighted by atomic mass is 10.0. The number of hydrogen-bond donors (Lipinski definition) is 1. The number of nitrogens with zero attached hydrogens (tertiary/aromatic N) is 1. The SMILES string of the molecule is CCCc1ccc(C(C)NC2CCCN(CC)C2)cc1. The van der Waals surface area contributed by atoms with Crippen molar-refractivity contribution in [1.29, 1.82) is 0 Å². The second-order valence-electron chi connectivity index (χ2n) is 6.11. The van der Waals surface area contributed by atoms with E-state index in [1.54, 1.807) is 0 Å². The lowest BCUT2D eigenvalue weighted by Crippen LogP contribution is -2.46. The van der Waals surface area contributed by atoms with Gasteiger partial charge in [-0.3, -0.25) is 0 Å². The molecular formula is C18H30N2. The normalized spacial score (nSPS) is 21.9. The quantitative estimate of drug-likeness (QED) is 0.849. The molecule has 2 unspecified atom stereocenters. The zero-order valence-electron chi connectivity index (χ0n) is 13.4. The summed E-state index contributed by atoms with van der Waals surface area (Å²) in [6.07, 6.45) is 5.06. The maximum atomic E-state index is 3.81. The zero-order valence-corrected chi connectivity index (χ0v) is 13.4. The summed E-state index contributed by atoms with van der Waals surface area (Å²) in [5, 5.41) is 3.81. The number of likely N-dealkylation sites (N-methyl/N-ethyl adjacent to an activating group) is 1. The maximum absolute atomic E-state index is 3.81. The van der Waals surface area contributed by atoms with Crippen LogP contribution in [0.2, 0.25) is 0 Å². The molecule has 2 rings (SSSR count). The van der Waals surface area contributed by atoms with Crippen molar-refractivity contribution in [3.8, 4) is 0 Å². The molecule has 2 nitrogen and oxygen atoms in total. The van der Waals surface area contributed by atoms with E-state index in [4.69, 9.17) is 0 Å². The van der Waals surface area contributed by atoms with Crippen LogP contribution in [-0.2, 0) is 6.42 Å². The van der Waals surface area contributed by atoms with E-state index in [-0.39, 0.29) is 0 Å². The minimum Gasteiger partial charge on any atom is -0.306 e. The topological polar surface area (TPSA) is 15.3 Å². The Balaban J connectivity index is 1.88. The van der Waals surface area contributed by atoms with Crippen molar-refractivity contribution in [2.24, 2.45) is 0 Å². The largest absolute Gasteiger partial charge is 0.306 e. The monoisotopic (exact) mass is 274 g/mol. The Bertz CT molecular complexity index is 385. The first-order valence-corrected chi connectivity index (χ1v) is 8.30. The molecule has 1 aliphatic rings. The molecule has 112 valence electrons. The van der Waals surface area contributed by atoms with Crippen molar-refractivity contribution >= 4 is 0 Å². The zero-order chi connectivity index (χ0) is 14.4. The van der Waals surface area contributed by atoms with Crippen molar-refractivity contribution in [2.75, 3.05) is 19.6 Å². The van der Waals surface area contributed by atoms with Gasteiger partial charge in [-0.05, 0) is 50.4 Å². The number of aryl methyl sites for hydroxylation is 1. The van der Waals surface area contributed by atoms with E-state index in [9.17, 15) is 0 Å². The van der Waals surface area contributed by atoms with Crippen LogP contribution in [0.3, 0.4) is 0 Å². The van der Waals surface area contributed by atoms with Gasteiger partial charge in [-0.25, -0.2) is 0 Å². The summed E-state index contributed by atoms with van der Waals surface area (Å²) in [5.74, 6) is 0. The molecule has 2 atom stereocenters. The van der Waals surface area contributed by atoms with E-state index in [2.05, 4.69) is 55.3 Å². The number of piperidine rings is 1. The molecule has 1 saturated heterocycles. The molecular weight excluding hydrogens is 244 g/mol. The molecule has 2 heteroatoms. The molecule has 0 radical (unpaired) electrons. The number of rotatable bonds is 6. The summed E-state index contributed by atoms with van der Waals surface area (Å²) in [7, 11) is 0. The first-order chi connectivity index (χ1) is 9.72. The third kappa shape index (κ3) is 4.32. The van der Waals surface area contributed by atoms with Gasteiger partial charge in [0, 0.05) is 18.6 Å². The summed E-state index contributed by atoms with van der Waals surface area (Å²) in [6.45, 7) is 10.4. The molecule has 1 fully saturated rings. The smallest absolute Gasteiger partial charge is 0.0294 e. The van der Waals surface area contributed by atoms with Crippen LogP contribution in [-0.4, -0.2) is 30.6 Å². The van der Waals surface area contributed by atoms with E-state index in [0.717, 1.165) is 0 Å². The Kier molecular flexibility index (Phi) is 6.06. The second kappa shape index (κ2) is 7.80. The molecule has 1 N–H and O–H groups in total. The summed E-state index contributed by atoms with van der Waals surface area (Å²) >= 11 is 0. The van der Waals surface area contributed by atoms with Crippen LogP contribution in [0.5, 0.6) is 0 Å². The van der Waals surface area contributed by atoms with Crippen LogP contribution in [0.25, 0.3) is 0 Å². The molecule has 0 aliphatic carbocycles. The van der Waals surface area contributed by atoms with Gasteiger partial charge in [-0.1, -0.05) is 44.5 Å². The summed E-state index contributed by atoms with van der Waals surface area (Å²) in [4.78, 5) is 2.55. The molecule has 0 aromatic heterocycles. The molecule has 0 bridgehead atoms. The third-order valence-corrected chi connectivity index (χ3v) is 4.46. The van der Waals surface area contributed by atoms with Crippen molar-refractivity contribution in [3.05, 3.63) is 35.4 Å². The number of hydrogen-bond acceptors (Lipinski definition) is 2. The van der Waals surface area contributed by atoms with Crippen molar-refractivity contribution < 1.29 is 0 Å². The van der Waals surface area contributed by atoms with Gasteiger partial charge in [0.15, 0.2) is 0 Å². The Morgan fingerprint density at radius 2 is 2.00 bits per heavy atom. The average molecular weight is 274 g/mol. The maximum Gasteiger partial charge on any atom is 0.0294 e. The number of likely N-dealkylation sites (tertiary alicyclic amines) is 1. The predicted octanol–water partition coefficient (Wildman–Crippen LogP) is 3.77. The van der Waals surface area contributed by atoms with Crippen molar-refractivity contribution in [1.82, 2.24) is 10.2 Å². The lowest BCUT2D eigenvalue weighted by Gasteiger charge is -2.34. The predicted molar refractivity (Wildman–Crippen MR) is 87.1 cm³/mol. The van der Waals surface area contributed by atoms with Gasteiger partial charge in [0.25, 0.3) is 0 Å². The Morgan fingerprint density at radius 1 is 1.25 bits per heavy atom. The highest BCUT2D eigenvalue weighted by Gasteiger charge is 2.20. The number of benzene rings is 1. The van der Waals surface area contributed by atoms with Crippen molar-refractivity contribution in [3.63, 3.8) is 0 Å². The molecule has 1 heterocycles. The first-order valence-electron chi connectivity index (χ1n) is 8.30. The molecule has 1 aromatic carbocycles. The summed E-state index contributed by atoms with van der Waals surface area (Å²) in [5.41, 5.74) is 2.87. The Morgan fingerprint density at radius 3 is 2.65 bits per heavy atom. The molecule has 1 aliphatic heterocycles. The van der Waals surface area contributed by atoms with Crippen LogP contribution >= 0.6 is 0 Å². The first kappa shape index (κ1) is 15.5. The molecule has 0 spiro atoms. The van der Waals surface area contributed by atoms with E-state index in [1.165, 1.54) is 56.4 Å². The second-order valence-corrected chi connectivity index (χ2v) is 6.11. The fourth-order valence-corrected chi connectivity index (χ4v) is 3.19. The van der Waals surface area contributed by atoms with Gasteiger partial charge in [0.2, 0.25) is 0 Å². The van der Waals surface area contributed by atoms with E-state index in [1.807, 2.05) is 0 Å². The minimum atomic E-state index is 0.451. The van der Waals surface area contributed by atoms with Crippen LogP contribution < -0.4 is 5.32 Å². The van der Waals surface area contributed by atoms with Crippen LogP contribution in [0.15, 0.2) is 24.3 Å². The Hall–Kier alpha value is -0.860. The third-order valence-electron chi connectivity index (χ3n) is 4.46. The average Bonchev–Trinajstić information content (AvgIpc) is 2.48.